The van der Waals surface area contributed by atoms with Gasteiger partial charge >= 0.3 is 6.09 Å². The molecular formula is C22H28N2O4S. The molecule has 7 heteroatoms. The van der Waals surface area contributed by atoms with Crippen LogP contribution in [0.4, 0.5) is 4.79 Å². The number of ether oxygens (including phenoxy) is 1. The third kappa shape index (κ3) is 3.92. The maximum absolute atomic E-state index is 12.9. The fourth-order valence-electron chi connectivity index (χ4n) is 4.04. The summed E-state index contributed by atoms with van der Waals surface area (Å²) in [6.07, 6.45) is 6.64. The summed E-state index contributed by atoms with van der Waals surface area (Å²) in [6, 6.07) is -0.181. The first-order valence-corrected chi connectivity index (χ1v) is 10.4. The number of imide groups is 1. The van der Waals surface area contributed by atoms with Crippen molar-refractivity contribution in [2.24, 2.45) is 5.92 Å². The molecule has 0 saturated carbocycles. The lowest BCUT2D eigenvalue weighted by Crippen LogP contribution is -2.42. The summed E-state index contributed by atoms with van der Waals surface area (Å²) in [5.41, 5.74) is 1.02. The van der Waals surface area contributed by atoms with Crippen LogP contribution in [-0.2, 0) is 14.3 Å². The first-order chi connectivity index (χ1) is 13.6. The number of hydrogen-bond acceptors (Lipinski definition) is 5. The number of nitrogens with zero attached hydrogens (tertiary/aromatic N) is 2. The lowest BCUT2D eigenvalue weighted by atomic mass is 9.81. The Morgan fingerprint density at radius 1 is 1.31 bits per heavy atom. The van der Waals surface area contributed by atoms with E-state index in [4.69, 9.17) is 17.0 Å². The van der Waals surface area contributed by atoms with Crippen molar-refractivity contribution in [2.75, 3.05) is 13.1 Å². The monoisotopic (exact) mass is 416 g/mol. The van der Waals surface area contributed by atoms with Crippen LogP contribution in [0.2, 0.25) is 0 Å². The van der Waals surface area contributed by atoms with Crippen LogP contribution in [0, 0.1) is 5.92 Å². The van der Waals surface area contributed by atoms with Gasteiger partial charge in [-0.05, 0) is 52.2 Å². The van der Waals surface area contributed by atoms with Crippen molar-refractivity contribution in [3.8, 4) is 0 Å². The number of rotatable bonds is 3. The summed E-state index contributed by atoms with van der Waals surface area (Å²) in [5, 5.41) is 0. The summed E-state index contributed by atoms with van der Waals surface area (Å²) in [6.45, 7) is 10.1. The molecule has 0 spiro atoms. The summed E-state index contributed by atoms with van der Waals surface area (Å²) in [4.78, 5) is 41.8. The minimum absolute atomic E-state index is 0.181. The molecule has 2 unspecified atom stereocenters. The summed E-state index contributed by atoms with van der Waals surface area (Å²) < 4.78 is 5.57. The summed E-state index contributed by atoms with van der Waals surface area (Å²) >= 11 is 5.61. The molecule has 3 aliphatic rings. The molecule has 29 heavy (non-hydrogen) atoms. The first kappa shape index (κ1) is 21.4. The van der Waals surface area contributed by atoms with Gasteiger partial charge in [-0.15, -0.1) is 0 Å². The van der Waals surface area contributed by atoms with Crippen molar-refractivity contribution >= 4 is 35.0 Å². The molecule has 1 aliphatic carbocycles. The Balaban J connectivity index is 1.93. The number of allylic oxidation sites excluding steroid dienone is 1. The number of amides is 3. The quantitative estimate of drug-likeness (QED) is 0.400. The topological polar surface area (TPSA) is 66.9 Å². The SMILES string of the molecule is CC=CCN1C(=O)C2=C(C1=O)C(=S)C(C)C(C1CCCN1C(=O)OC(C)(C)C)=C2. The second-order valence-electron chi connectivity index (χ2n) is 8.64. The van der Waals surface area contributed by atoms with Gasteiger partial charge in [-0.25, -0.2) is 4.79 Å². The van der Waals surface area contributed by atoms with E-state index < -0.39 is 5.60 Å². The molecular weight excluding hydrogens is 388 g/mol. The maximum Gasteiger partial charge on any atom is 0.410 e. The highest BCUT2D eigenvalue weighted by Gasteiger charge is 2.45. The molecule has 2 aliphatic heterocycles. The van der Waals surface area contributed by atoms with Gasteiger partial charge in [0.1, 0.15) is 5.60 Å². The van der Waals surface area contributed by atoms with E-state index in [1.54, 1.807) is 23.1 Å². The van der Waals surface area contributed by atoms with Crippen LogP contribution in [0.15, 0.2) is 34.9 Å². The maximum atomic E-state index is 12.9. The van der Waals surface area contributed by atoms with Gasteiger partial charge in [0.15, 0.2) is 0 Å². The molecule has 1 saturated heterocycles. The number of thiocarbonyl (C=S) groups is 1. The fraction of sp³-hybridized carbons (Fsp3) is 0.545. The zero-order valence-electron chi connectivity index (χ0n) is 17.7. The van der Waals surface area contributed by atoms with Crippen molar-refractivity contribution in [2.45, 2.75) is 59.1 Å². The molecule has 0 bridgehead atoms. The largest absolute Gasteiger partial charge is 0.444 e. The van der Waals surface area contributed by atoms with Gasteiger partial charge in [-0.1, -0.05) is 31.3 Å². The Hall–Kier alpha value is -2.28. The Morgan fingerprint density at radius 2 is 2.00 bits per heavy atom. The molecule has 0 radical (unpaired) electrons. The third-order valence-corrected chi connectivity index (χ3v) is 6.00. The van der Waals surface area contributed by atoms with Crippen molar-refractivity contribution in [3.05, 3.63) is 34.9 Å². The van der Waals surface area contributed by atoms with Gasteiger partial charge in [0.2, 0.25) is 0 Å². The van der Waals surface area contributed by atoms with Crippen LogP contribution in [-0.4, -0.2) is 57.3 Å². The van der Waals surface area contributed by atoms with Crippen LogP contribution in [0.5, 0.6) is 0 Å². The van der Waals surface area contributed by atoms with E-state index in [0.717, 1.165) is 18.4 Å². The second kappa shape index (κ2) is 7.86. The molecule has 3 amide bonds. The van der Waals surface area contributed by atoms with Crippen molar-refractivity contribution in [3.63, 3.8) is 0 Å². The van der Waals surface area contributed by atoms with Crippen LogP contribution >= 0.6 is 12.2 Å². The normalized spacial score (nSPS) is 25.3. The molecule has 0 N–H and O–H groups in total. The van der Waals surface area contributed by atoms with Crippen molar-refractivity contribution in [1.29, 1.82) is 0 Å². The first-order valence-electron chi connectivity index (χ1n) is 10.0. The lowest BCUT2D eigenvalue weighted by Gasteiger charge is -2.33. The van der Waals surface area contributed by atoms with Gasteiger partial charge in [0.25, 0.3) is 11.8 Å². The Kier molecular flexibility index (Phi) is 5.81. The Bertz CT molecular complexity index is 863. The Morgan fingerprint density at radius 3 is 2.62 bits per heavy atom. The van der Waals surface area contributed by atoms with E-state index in [2.05, 4.69) is 0 Å². The highest BCUT2D eigenvalue weighted by Crippen LogP contribution is 2.39. The number of carbonyl (C=O) groups excluding carboxylic acids is 3. The van der Waals surface area contributed by atoms with Crippen LogP contribution in [0.25, 0.3) is 0 Å². The molecule has 2 atom stereocenters. The minimum Gasteiger partial charge on any atom is -0.444 e. The average Bonchev–Trinajstić information content (AvgIpc) is 3.19. The van der Waals surface area contributed by atoms with Gasteiger partial charge < -0.3 is 9.64 Å². The Labute approximate surface area is 177 Å². The summed E-state index contributed by atoms with van der Waals surface area (Å²) in [5.74, 6) is -0.850. The van der Waals surface area contributed by atoms with E-state index in [-0.39, 0.29) is 36.4 Å². The molecule has 0 aromatic heterocycles. The van der Waals surface area contributed by atoms with Crippen molar-refractivity contribution < 1.29 is 19.1 Å². The summed E-state index contributed by atoms with van der Waals surface area (Å²) in [7, 11) is 0. The van der Waals surface area contributed by atoms with Crippen molar-refractivity contribution in [1.82, 2.24) is 9.80 Å². The molecule has 6 nitrogen and oxygen atoms in total. The van der Waals surface area contributed by atoms with E-state index in [0.29, 0.717) is 22.6 Å². The van der Waals surface area contributed by atoms with Crippen LogP contribution < -0.4 is 0 Å². The van der Waals surface area contributed by atoms with Gasteiger partial charge in [-0.3, -0.25) is 14.5 Å². The number of carbonyl (C=O) groups is 3. The smallest absolute Gasteiger partial charge is 0.410 e. The standard InChI is InChI=1S/C22H28N2O4S/c1-6-7-10-24-19(25)15-12-14(13(2)18(29)17(15)20(24)26)16-9-8-11-23(16)21(27)28-22(3,4)5/h6-7,12-13,16H,8-11H2,1-5H3. The van der Waals surface area contributed by atoms with E-state index in [1.807, 2.05) is 34.6 Å². The number of hydrogen-bond donors (Lipinski definition) is 0. The van der Waals surface area contributed by atoms with E-state index in [9.17, 15) is 14.4 Å². The van der Waals surface area contributed by atoms with Gasteiger partial charge in [-0.2, -0.15) is 0 Å². The highest BCUT2D eigenvalue weighted by atomic mass is 32.1. The zero-order valence-corrected chi connectivity index (χ0v) is 18.5. The van der Waals surface area contributed by atoms with E-state index >= 15 is 0 Å². The minimum atomic E-state index is -0.580. The van der Waals surface area contributed by atoms with Crippen LogP contribution in [0.3, 0.4) is 0 Å². The zero-order chi connectivity index (χ0) is 21.5. The molecule has 0 aromatic rings. The van der Waals surface area contributed by atoms with Gasteiger partial charge in [0.05, 0.1) is 17.2 Å². The molecule has 1 fully saturated rings. The second-order valence-corrected chi connectivity index (χ2v) is 9.08. The highest BCUT2D eigenvalue weighted by molar-refractivity contribution is 7.81. The lowest BCUT2D eigenvalue weighted by molar-refractivity contribution is -0.136. The van der Waals surface area contributed by atoms with E-state index in [1.165, 1.54) is 4.90 Å². The number of likely N-dealkylation sites (tertiary alicyclic amines) is 1. The average molecular weight is 417 g/mol. The molecule has 2 heterocycles. The predicted octanol–water partition coefficient (Wildman–Crippen LogP) is 3.57. The fourth-order valence-corrected chi connectivity index (χ4v) is 4.37. The van der Waals surface area contributed by atoms with Gasteiger partial charge in [0, 0.05) is 23.9 Å². The molecule has 156 valence electrons. The molecule has 3 rings (SSSR count). The molecule has 0 aromatic carbocycles. The predicted molar refractivity (Wildman–Crippen MR) is 114 cm³/mol. The van der Waals surface area contributed by atoms with Crippen LogP contribution in [0.1, 0.15) is 47.5 Å². The third-order valence-electron chi connectivity index (χ3n) is 5.44.